The molecule has 1 unspecified atom stereocenters. The summed E-state index contributed by atoms with van der Waals surface area (Å²) in [5.74, 6) is -0.833. The molecule has 0 aliphatic heterocycles. The second-order valence-electron chi connectivity index (χ2n) is 1.93. The lowest BCUT2D eigenvalue weighted by Crippen LogP contribution is -1.82. The van der Waals surface area contributed by atoms with Gasteiger partial charge in [-0.3, -0.25) is 4.79 Å². The zero-order chi connectivity index (χ0) is 8.69. The number of hydrogen-bond donors (Lipinski definition) is 1. The van der Waals surface area contributed by atoms with Crippen LogP contribution in [0.3, 0.4) is 0 Å². The Hall–Kier alpha value is -0.880. The van der Waals surface area contributed by atoms with E-state index in [4.69, 9.17) is 9.90 Å². The number of carbonyl (C=O) groups is 1. The first-order valence-electron chi connectivity index (χ1n) is 3.13. The predicted octanol–water partition coefficient (Wildman–Crippen LogP) is 1.28. The summed E-state index contributed by atoms with van der Waals surface area (Å²) in [6.07, 6.45) is 0. The molecule has 0 saturated carbocycles. The van der Waals surface area contributed by atoms with Crippen LogP contribution in [0, 0.1) is 0 Å². The maximum absolute atomic E-state index is 9.00. The molecule has 60 valence electrons. The molecule has 0 aromatic heterocycles. The third-order valence-corrected chi connectivity index (χ3v) is 1.18. The number of carboxylic acids is 1. The molecule has 0 heterocycles. The highest BCUT2D eigenvalue weighted by Gasteiger charge is 1.72. The average Bonchev–Trinajstić information content (AvgIpc) is 1.87. The Kier molecular flexibility index (Phi) is 5.40. The monoisotopic (exact) mass is 170 g/mol. The first kappa shape index (κ1) is 10.1. The van der Waals surface area contributed by atoms with Gasteiger partial charge in [0, 0.05) is 6.92 Å². The summed E-state index contributed by atoms with van der Waals surface area (Å²) in [5, 5.41) is 8.66. The minimum Gasteiger partial charge on any atom is -0.481 e. The third-order valence-electron chi connectivity index (χ3n) is 0.800. The minimum absolute atomic E-state index is 0.833. The highest BCUT2D eigenvalue weighted by molar-refractivity contribution is 7.27. The molecule has 0 radical (unpaired) electrons. The van der Waals surface area contributed by atoms with Gasteiger partial charge >= 0.3 is 0 Å². The number of carboxylic acid groups (broad SMARTS) is 1. The summed E-state index contributed by atoms with van der Waals surface area (Å²) in [6, 6.07) is 10.1. The van der Waals surface area contributed by atoms with Crippen molar-refractivity contribution in [1.29, 1.82) is 0 Å². The molecule has 0 spiro atoms. The standard InChI is InChI=1S/C6H7P.C2H4O2/c7-6-4-2-1-3-5-6;1-2(3)4/h1-5H,7H2;1H3,(H,3,4). The van der Waals surface area contributed by atoms with E-state index < -0.39 is 5.97 Å². The lowest BCUT2D eigenvalue weighted by Gasteiger charge is -1.82. The molecule has 0 saturated heterocycles. The second-order valence-corrected chi connectivity index (χ2v) is 2.60. The Morgan fingerprint density at radius 3 is 1.91 bits per heavy atom. The van der Waals surface area contributed by atoms with Gasteiger partial charge in [-0.15, -0.1) is 9.24 Å². The summed E-state index contributed by atoms with van der Waals surface area (Å²) >= 11 is 0. The molecule has 3 heteroatoms. The van der Waals surface area contributed by atoms with Crippen molar-refractivity contribution < 1.29 is 9.90 Å². The van der Waals surface area contributed by atoms with Gasteiger partial charge in [-0.25, -0.2) is 0 Å². The summed E-state index contributed by atoms with van der Waals surface area (Å²) in [5.41, 5.74) is 0. The van der Waals surface area contributed by atoms with Crippen molar-refractivity contribution in [3.63, 3.8) is 0 Å². The van der Waals surface area contributed by atoms with E-state index in [2.05, 4.69) is 9.24 Å². The van der Waals surface area contributed by atoms with Crippen LogP contribution in [0.4, 0.5) is 0 Å². The summed E-state index contributed by atoms with van der Waals surface area (Å²) < 4.78 is 0. The van der Waals surface area contributed by atoms with Gasteiger partial charge in [0.2, 0.25) is 0 Å². The van der Waals surface area contributed by atoms with Gasteiger partial charge in [-0.1, -0.05) is 30.3 Å². The van der Waals surface area contributed by atoms with Gasteiger partial charge < -0.3 is 5.11 Å². The first-order chi connectivity index (χ1) is 5.13. The quantitative estimate of drug-likeness (QED) is 0.595. The second kappa shape index (κ2) is 5.87. The Bertz CT molecular complexity index is 205. The van der Waals surface area contributed by atoms with E-state index in [1.807, 2.05) is 30.3 Å². The van der Waals surface area contributed by atoms with E-state index in [9.17, 15) is 0 Å². The number of aliphatic carboxylic acids is 1. The zero-order valence-electron chi connectivity index (χ0n) is 6.32. The van der Waals surface area contributed by atoms with Crippen molar-refractivity contribution in [2.45, 2.75) is 6.92 Å². The topological polar surface area (TPSA) is 37.3 Å². The van der Waals surface area contributed by atoms with Crippen LogP contribution in [-0.4, -0.2) is 11.1 Å². The van der Waals surface area contributed by atoms with E-state index >= 15 is 0 Å². The fraction of sp³-hybridized carbons (Fsp3) is 0.125. The van der Waals surface area contributed by atoms with E-state index in [-0.39, 0.29) is 0 Å². The van der Waals surface area contributed by atoms with E-state index in [1.165, 1.54) is 5.30 Å². The van der Waals surface area contributed by atoms with Gasteiger partial charge in [0.15, 0.2) is 0 Å². The highest BCUT2D eigenvalue weighted by Crippen LogP contribution is 1.86. The predicted molar refractivity (Wildman–Crippen MR) is 49.1 cm³/mol. The molecule has 0 aliphatic rings. The van der Waals surface area contributed by atoms with E-state index in [1.54, 1.807) is 0 Å². The molecule has 0 aliphatic carbocycles. The van der Waals surface area contributed by atoms with Crippen LogP contribution in [0.25, 0.3) is 0 Å². The lowest BCUT2D eigenvalue weighted by molar-refractivity contribution is -0.134. The highest BCUT2D eigenvalue weighted by atomic mass is 31.0. The molecule has 0 fully saturated rings. The van der Waals surface area contributed by atoms with Crippen molar-refractivity contribution in [2.24, 2.45) is 0 Å². The maximum atomic E-state index is 9.00. The fourth-order valence-electron chi connectivity index (χ4n) is 0.453. The normalized spacial score (nSPS) is 7.82. The van der Waals surface area contributed by atoms with Crippen molar-refractivity contribution in [3.8, 4) is 0 Å². The van der Waals surface area contributed by atoms with E-state index in [0.717, 1.165) is 6.92 Å². The number of benzene rings is 1. The van der Waals surface area contributed by atoms with Crippen LogP contribution in [0.15, 0.2) is 30.3 Å². The Labute approximate surface area is 68.5 Å². The van der Waals surface area contributed by atoms with Crippen LogP contribution in [0.5, 0.6) is 0 Å². The molecule has 11 heavy (non-hydrogen) atoms. The first-order valence-corrected chi connectivity index (χ1v) is 3.70. The SMILES string of the molecule is CC(=O)O.Pc1ccccc1. The minimum atomic E-state index is -0.833. The lowest BCUT2D eigenvalue weighted by atomic mass is 10.4. The molecule has 2 nitrogen and oxygen atoms in total. The van der Waals surface area contributed by atoms with Crippen molar-refractivity contribution in [3.05, 3.63) is 30.3 Å². The van der Waals surface area contributed by atoms with Gasteiger partial charge in [0.1, 0.15) is 0 Å². The van der Waals surface area contributed by atoms with Crippen LogP contribution in [0.2, 0.25) is 0 Å². The van der Waals surface area contributed by atoms with Crippen molar-refractivity contribution in [2.75, 3.05) is 0 Å². The van der Waals surface area contributed by atoms with Crippen molar-refractivity contribution in [1.82, 2.24) is 0 Å². The molecule has 0 bridgehead atoms. The molecule has 1 aromatic carbocycles. The Balaban J connectivity index is 0.000000218. The van der Waals surface area contributed by atoms with Crippen LogP contribution >= 0.6 is 9.24 Å². The molecule has 1 aromatic rings. The Morgan fingerprint density at radius 2 is 1.73 bits per heavy atom. The molecule has 0 amide bonds. The van der Waals surface area contributed by atoms with Gasteiger partial charge in [-0.05, 0) is 5.30 Å². The number of hydrogen-bond acceptors (Lipinski definition) is 1. The fourth-order valence-corrected chi connectivity index (χ4v) is 0.675. The smallest absolute Gasteiger partial charge is 0.300 e. The third kappa shape index (κ3) is 9.12. The molecule has 1 N–H and O–H groups in total. The van der Waals surface area contributed by atoms with Crippen LogP contribution in [0.1, 0.15) is 6.92 Å². The van der Waals surface area contributed by atoms with Crippen LogP contribution < -0.4 is 5.30 Å². The molecular formula is C8H11O2P. The van der Waals surface area contributed by atoms with Gasteiger partial charge in [0.05, 0.1) is 0 Å². The zero-order valence-corrected chi connectivity index (χ0v) is 7.47. The molecule has 1 atom stereocenters. The summed E-state index contributed by atoms with van der Waals surface area (Å²) in [4.78, 5) is 9.00. The van der Waals surface area contributed by atoms with Crippen molar-refractivity contribution >= 4 is 20.5 Å². The summed E-state index contributed by atoms with van der Waals surface area (Å²) in [7, 11) is 2.63. The van der Waals surface area contributed by atoms with Crippen LogP contribution in [-0.2, 0) is 4.79 Å². The van der Waals surface area contributed by atoms with Gasteiger partial charge in [0.25, 0.3) is 5.97 Å². The largest absolute Gasteiger partial charge is 0.481 e. The molecule has 1 rings (SSSR count). The summed E-state index contributed by atoms with van der Waals surface area (Å²) in [6.45, 7) is 1.08. The average molecular weight is 170 g/mol. The van der Waals surface area contributed by atoms with E-state index in [0.29, 0.717) is 0 Å². The Morgan fingerprint density at radius 1 is 1.36 bits per heavy atom. The van der Waals surface area contributed by atoms with Gasteiger partial charge in [-0.2, -0.15) is 0 Å². The number of rotatable bonds is 0. The maximum Gasteiger partial charge on any atom is 0.300 e. The molecular weight excluding hydrogens is 159 g/mol.